The van der Waals surface area contributed by atoms with Gasteiger partial charge in [-0.05, 0) is 30.2 Å². The largest absolute Gasteiger partial charge is 0.481 e. The molecule has 0 radical (unpaired) electrons. The normalized spacial score (nSPS) is 13.5. The average molecular weight is 317 g/mol. The molecule has 7 heteroatoms. The lowest BCUT2D eigenvalue weighted by Gasteiger charge is -2.20. The quantitative estimate of drug-likeness (QED) is 0.655. The molecule has 0 saturated carbocycles. The Morgan fingerprint density at radius 3 is 2.57 bits per heavy atom. The number of halogens is 1. The van der Waals surface area contributed by atoms with Crippen molar-refractivity contribution in [3.63, 3.8) is 0 Å². The maximum absolute atomic E-state index is 11.3. The molecule has 0 aromatic heterocycles. The van der Waals surface area contributed by atoms with Crippen molar-refractivity contribution in [2.24, 2.45) is 0 Å². The molecular weight excluding hydrogens is 300 g/mol. The monoisotopic (exact) mass is 316 g/mol. The predicted molar refractivity (Wildman–Crippen MR) is 75.0 cm³/mol. The molecule has 2 atom stereocenters. The van der Waals surface area contributed by atoms with E-state index in [1.54, 1.807) is 6.92 Å². The summed E-state index contributed by atoms with van der Waals surface area (Å²) in [6.07, 6.45) is -3.55. The minimum absolute atomic E-state index is 0.170. The van der Waals surface area contributed by atoms with Gasteiger partial charge < -0.3 is 20.1 Å². The van der Waals surface area contributed by atoms with Crippen LogP contribution in [-0.4, -0.2) is 40.0 Å². The van der Waals surface area contributed by atoms with Gasteiger partial charge in [0.2, 0.25) is 0 Å². The molecule has 1 rings (SSSR count). The van der Waals surface area contributed by atoms with Crippen LogP contribution in [0.2, 0.25) is 5.02 Å². The van der Waals surface area contributed by atoms with Crippen LogP contribution in [0.1, 0.15) is 30.6 Å². The topological polar surface area (TPSA) is 104 Å². The number of carboxylic acid groups (broad SMARTS) is 1. The van der Waals surface area contributed by atoms with Crippen LogP contribution < -0.4 is 0 Å². The number of carboxylic acids is 1. The Morgan fingerprint density at radius 2 is 2.00 bits per heavy atom. The average Bonchev–Trinajstić information content (AvgIpc) is 2.39. The van der Waals surface area contributed by atoms with E-state index in [9.17, 15) is 19.8 Å². The van der Waals surface area contributed by atoms with E-state index in [2.05, 4.69) is 4.74 Å². The summed E-state index contributed by atoms with van der Waals surface area (Å²) in [5.41, 5.74) is 0.504. The Bertz CT molecular complexity index is 516. The molecule has 116 valence electrons. The van der Waals surface area contributed by atoms with Gasteiger partial charge in [0.15, 0.2) is 0 Å². The summed E-state index contributed by atoms with van der Waals surface area (Å²) in [5, 5.41) is 29.1. The van der Waals surface area contributed by atoms with Gasteiger partial charge in [-0.1, -0.05) is 17.7 Å². The minimum Gasteiger partial charge on any atom is -0.481 e. The first-order chi connectivity index (χ1) is 9.85. The van der Waals surface area contributed by atoms with E-state index in [-0.39, 0.29) is 18.6 Å². The van der Waals surface area contributed by atoms with Crippen molar-refractivity contribution in [3.05, 3.63) is 34.3 Å². The molecule has 1 aromatic rings. The molecule has 3 N–H and O–H groups in total. The zero-order valence-corrected chi connectivity index (χ0v) is 12.2. The summed E-state index contributed by atoms with van der Waals surface area (Å²) in [6, 6.07) is 4.33. The number of ether oxygens (including phenoxy) is 1. The van der Waals surface area contributed by atoms with Crippen LogP contribution in [0.3, 0.4) is 0 Å². The number of carbonyl (C=O) groups is 2. The maximum Gasteiger partial charge on any atom is 0.308 e. The molecule has 1 aromatic carbocycles. The third-order valence-corrected chi connectivity index (χ3v) is 3.05. The van der Waals surface area contributed by atoms with Crippen LogP contribution in [0.5, 0.6) is 0 Å². The first-order valence-electron chi connectivity index (χ1n) is 6.37. The SMILES string of the molecule is CCOC(=O)CC(O)C(O)c1cc(Cl)ccc1CC(=O)O. The Labute approximate surface area is 126 Å². The van der Waals surface area contributed by atoms with E-state index in [1.165, 1.54) is 18.2 Å². The Kier molecular flexibility index (Phi) is 6.61. The molecule has 0 aliphatic heterocycles. The molecule has 2 unspecified atom stereocenters. The number of carbonyl (C=O) groups excluding carboxylic acids is 1. The van der Waals surface area contributed by atoms with Crippen LogP contribution in [0.4, 0.5) is 0 Å². The molecule has 0 bridgehead atoms. The first-order valence-corrected chi connectivity index (χ1v) is 6.74. The zero-order valence-electron chi connectivity index (χ0n) is 11.5. The predicted octanol–water partition coefficient (Wildman–Crippen LogP) is 1.31. The van der Waals surface area contributed by atoms with Crippen LogP contribution in [-0.2, 0) is 20.7 Å². The van der Waals surface area contributed by atoms with Crippen molar-refractivity contribution in [2.45, 2.75) is 32.0 Å². The molecular formula is C14H17ClO6. The molecule has 0 heterocycles. The highest BCUT2D eigenvalue weighted by molar-refractivity contribution is 6.30. The van der Waals surface area contributed by atoms with Crippen molar-refractivity contribution in [1.29, 1.82) is 0 Å². The lowest BCUT2D eigenvalue weighted by atomic mass is 9.95. The maximum atomic E-state index is 11.3. The lowest BCUT2D eigenvalue weighted by Crippen LogP contribution is -2.24. The molecule has 0 saturated heterocycles. The fraction of sp³-hybridized carbons (Fsp3) is 0.429. The van der Waals surface area contributed by atoms with Crippen LogP contribution >= 0.6 is 11.6 Å². The van der Waals surface area contributed by atoms with Crippen molar-refractivity contribution in [1.82, 2.24) is 0 Å². The summed E-state index contributed by atoms with van der Waals surface area (Å²) in [7, 11) is 0. The number of aliphatic hydroxyl groups excluding tert-OH is 2. The van der Waals surface area contributed by atoms with E-state index in [4.69, 9.17) is 16.7 Å². The first kappa shape index (κ1) is 17.4. The Morgan fingerprint density at radius 1 is 1.33 bits per heavy atom. The van der Waals surface area contributed by atoms with E-state index in [1.807, 2.05) is 0 Å². The van der Waals surface area contributed by atoms with E-state index in [0.29, 0.717) is 10.6 Å². The fourth-order valence-electron chi connectivity index (χ4n) is 1.87. The molecule has 21 heavy (non-hydrogen) atoms. The van der Waals surface area contributed by atoms with Crippen molar-refractivity contribution in [3.8, 4) is 0 Å². The molecule has 0 amide bonds. The van der Waals surface area contributed by atoms with Gasteiger partial charge in [0, 0.05) is 5.02 Å². The number of aliphatic carboxylic acids is 1. The molecule has 0 aliphatic carbocycles. The molecule has 0 aliphatic rings. The number of aliphatic hydroxyl groups is 2. The molecule has 6 nitrogen and oxygen atoms in total. The van der Waals surface area contributed by atoms with Gasteiger partial charge in [-0.2, -0.15) is 0 Å². The molecule has 0 spiro atoms. The van der Waals surface area contributed by atoms with Gasteiger partial charge in [0.1, 0.15) is 6.10 Å². The Hall–Kier alpha value is -1.63. The number of hydrogen-bond donors (Lipinski definition) is 3. The number of rotatable bonds is 7. The van der Waals surface area contributed by atoms with Gasteiger partial charge in [0.25, 0.3) is 0 Å². The number of benzene rings is 1. The fourth-order valence-corrected chi connectivity index (χ4v) is 2.06. The second-order valence-electron chi connectivity index (χ2n) is 4.43. The second kappa shape index (κ2) is 7.97. The highest BCUT2D eigenvalue weighted by Gasteiger charge is 2.25. The van der Waals surface area contributed by atoms with Crippen LogP contribution in [0, 0.1) is 0 Å². The highest BCUT2D eigenvalue weighted by atomic mass is 35.5. The van der Waals surface area contributed by atoms with Crippen LogP contribution in [0.15, 0.2) is 18.2 Å². The zero-order chi connectivity index (χ0) is 16.0. The van der Waals surface area contributed by atoms with E-state index < -0.39 is 30.6 Å². The third-order valence-electron chi connectivity index (χ3n) is 2.81. The smallest absolute Gasteiger partial charge is 0.308 e. The summed E-state index contributed by atoms with van der Waals surface area (Å²) >= 11 is 5.83. The summed E-state index contributed by atoms with van der Waals surface area (Å²) in [5.74, 6) is -1.73. The van der Waals surface area contributed by atoms with Gasteiger partial charge in [-0.15, -0.1) is 0 Å². The Balaban J connectivity index is 2.93. The minimum atomic E-state index is -1.43. The van der Waals surface area contributed by atoms with E-state index >= 15 is 0 Å². The third kappa shape index (κ3) is 5.34. The summed E-state index contributed by atoms with van der Waals surface area (Å²) < 4.78 is 4.69. The van der Waals surface area contributed by atoms with Crippen molar-refractivity contribution >= 4 is 23.5 Å². The van der Waals surface area contributed by atoms with Crippen LogP contribution in [0.25, 0.3) is 0 Å². The summed E-state index contributed by atoms with van der Waals surface area (Å²) in [6.45, 7) is 1.80. The highest BCUT2D eigenvalue weighted by Crippen LogP contribution is 2.26. The number of hydrogen-bond acceptors (Lipinski definition) is 5. The second-order valence-corrected chi connectivity index (χ2v) is 4.87. The summed E-state index contributed by atoms with van der Waals surface area (Å²) in [4.78, 5) is 22.1. The van der Waals surface area contributed by atoms with Gasteiger partial charge in [0.05, 0.1) is 25.6 Å². The van der Waals surface area contributed by atoms with Gasteiger partial charge >= 0.3 is 11.9 Å². The van der Waals surface area contributed by atoms with Crippen molar-refractivity contribution < 1.29 is 29.6 Å². The van der Waals surface area contributed by atoms with Gasteiger partial charge in [-0.3, -0.25) is 9.59 Å². The number of esters is 1. The lowest BCUT2D eigenvalue weighted by molar-refractivity contribution is -0.147. The standard InChI is InChI=1S/C14H17ClO6/c1-2-21-13(19)7-11(16)14(20)10-6-9(15)4-3-8(10)5-12(17)18/h3-4,6,11,14,16,20H,2,5,7H2,1H3,(H,17,18). The van der Waals surface area contributed by atoms with Crippen molar-refractivity contribution in [2.75, 3.05) is 6.61 Å². The van der Waals surface area contributed by atoms with Gasteiger partial charge in [-0.25, -0.2) is 0 Å². The van der Waals surface area contributed by atoms with E-state index in [0.717, 1.165) is 0 Å². The molecule has 0 fully saturated rings.